The predicted octanol–water partition coefficient (Wildman–Crippen LogP) is 2.81. The smallest absolute Gasteiger partial charge is 0.316 e. The van der Waals surface area contributed by atoms with Crippen LogP contribution in [0.5, 0.6) is 0 Å². The third kappa shape index (κ3) is 5.36. The van der Waals surface area contributed by atoms with Crippen molar-refractivity contribution in [3.8, 4) is 11.4 Å². The van der Waals surface area contributed by atoms with Crippen molar-refractivity contribution >= 4 is 17.7 Å². The maximum absolute atomic E-state index is 11.8. The lowest BCUT2D eigenvalue weighted by Gasteiger charge is -2.05. The van der Waals surface area contributed by atoms with Crippen molar-refractivity contribution in [2.24, 2.45) is 0 Å². The predicted molar refractivity (Wildman–Crippen MR) is 94.9 cm³/mol. The average molecular weight is 352 g/mol. The van der Waals surface area contributed by atoms with Crippen molar-refractivity contribution in [1.82, 2.24) is 19.9 Å². The van der Waals surface area contributed by atoms with Crippen LogP contribution in [0.2, 0.25) is 0 Å². The summed E-state index contributed by atoms with van der Waals surface area (Å²) >= 11 is 1.25. The van der Waals surface area contributed by atoms with Crippen LogP contribution in [0.15, 0.2) is 66.3 Å². The summed E-state index contributed by atoms with van der Waals surface area (Å²) in [5.74, 6) is -0.118. The van der Waals surface area contributed by atoms with Gasteiger partial charge >= 0.3 is 5.97 Å². The van der Waals surface area contributed by atoms with Gasteiger partial charge in [-0.2, -0.15) is 0 Å². The normalized spacial score (nSPS) is 10.4. The maximum atomic E-state index is 11.8. The fourth-order valence-electron chi connectivity index (χ4n) is 2.06. The Labute approximate surface area is 149 Å². The summed E-state index contributed by atoms with van der Waals surface area (Å²) in [6, 6.07) is 11.2. The van der Waals surface area contributed by atoms with E-state index in [1.807, 2.05) is 30.3 Å². The number of carbonyl (C=O) groups excluding carboxylic acids is 1. The number of pyridine rings is 2. The molecule has 6 nitrogen and oxygen atoms in total. The first kappa shape index (κ1) is 17.0. The van der Waals surface area contributed by atoms with Crippen LogP contribution in [-0.2, 0) is 16.0 Å². The molecule has 0 unspecified atom stereocenters. The highest BCUT2D eigenvalue weighted by molar-refractivity contribution is 7.99. The van der Waals surface area contributed by atoms with Gasteiger partial charge in [0.1, 0.15) is 0 Å². The maximum Gasteiger partial charge on any atom is 0.316 e. The van der Waals surface area contributed by atoms with E-state index in [2.05, 4.69) is 19.9 Å². The van der Waals surface area contributed by atoms with Gasteiger partial charge in [-0.1, -0.05) is 17.8 Å². The van der Waals surface area contributed by atoms with Gasteiger partial charge in [0.15, 0.2) is 5.16 Å². The average Bonchev–Trinajstić information content (AvgIpc) is 2.68. The SMILES string of the molecule is O=C(CSc1nccc(-c2ccccn2)n1)OCCc1ccncc1. The number of thioether (sulfide) groups is 1. The van der Waals surface area contributed by atoms with Crippen LogP contribution >= 0.6 is 11.8 Å². The molecular formula is C18H16N4O2S. The lowest BCUT2D eigenvalue weighted by atomic mass is 10.2. The Morgan fingerprint density at radius 3 is 2.64 bits per heavy atom. The van der Waals surface area contributed by atoms with Crippen molar-refractivity contribution in [2.75, 3.05) is 12.4 Å². The van der Waals surface area contributed by atoms with Gasteiger partial charge in [0.25, 0.3) is 0 Å². The van der Waals surface area contributed by atoms with E-state index in [0.717, 1.165) is 17.0 Å². The Balaban J connectivity index is 1.47. The summed E-state index contributed by atoms with van der Waals surface area (Å²) in [6.07, 6.45) is 7.49. The zero-order valence-corrected chi connectivity index (χ0v) is 14.2. The summed E-state index contributed by atoms with van der Waals surface area (Å²) in [7, 11) is 0. The number of aromatic nitrogens is 4. The molecule has 0 fully saturated rings. The molecule has 0 aliphatic heterocycles. The fourth-order valence-corrected chi connectivity index (χ4v) is 2.69. The van der Waals surface area contributed by atoms with E-state index >= 15 is 0 Å². The second kappa shape index (κ2) is 8.89. The van der Waals surface area contributed by atoms with Crippen molar-refractivity contribution < 1.29 is 9.53 Å². The number of hydrogen-bond acceptors (Lipinski definition) is 7. The fraction of sp³-hybridized carbons (Fsp3) is 0.167. The van der Waals surface area contributed by atoms with Gasteiger partial charge in [-0.3, -0.25) is 14.8 Å². The summed E-state index contributed by atoms with van der Waals surface area (Å²) in [5.41, 5.74) is 2.58. The highest BCUT2D eigenvalue weighted by Gasteiger charge is 2.08. The minimum atomic E-state index is -0.286. The summed E-state index contributed by atoms with van der Waals surface area (Å²) in [6.45, 7) is 0.345. The first-order chi connectivity index (χ1) is 12.3. The van der Waals surface area contributed by atoms with Crippen LogP contribution in [0.25, 0.3) is 11.4 Å². The van der Waals surface area contributed by atoms with E-state index in [1.165, 1.54) is 11.8 Å². The molecule has 3 heterocycles. The van der Waals surface area contributed by atoms with Crippen LogP contribution in [0, 0.1) is 0 Å². The number of esters is 1. The van der Waals surface area contributed by atoms with Gasteiger partial charge in [-0.05, 0) is 35.9 Å². The molecule has 3 aromatic rings. The Kier molecular flexibility index (Phi) is 6.06. The third-order valence-corrected chi connectivity index (χ3v) is 4.12. The van der Waals surface area contributed by atoms with Gasteiger partial charge in [0.05, 0.1) is 23.7 Å². The zero-order chi connectivity index (χ0) is 17.3. The zero-order valence-electron chi connectivity index (χ0n) is 13.4. The first-order valence-corrected chi connectivity index (χ1v) is 8.71. The molecule has 126 valence electrons. The van der Waals surface area contributed by atoms with E-state index in [1.54, 1.807) is 30.9 Å². The number of ether oxygens (including phenoxy) is 1. The first-order valence-electron chi connectivity index (χ1n) is 7.73. The molecule has 0 atom stereocenters. The van der Waals surface area contributed by atoms with Crippen LogP contribution in [-0.4, -0.2) is 38.3 Å². The van der Waals surface area contributed by atoms with Crippen molar-refractivity contribution in [3.05, 3.63) is 66.7 Å². The van der Waals surface area contributed by atoms with Crippen molar-refractivity contribution in [3.63, 3.8) is 0 Å². The molecule has 0 N–H and O–H groups in total. The number of carbonyl (C=O) groups is 1. The summed E-state index contributed by atoms with van der Waals surface area (Å²) < 4.78 is 5.23. The molecule has 0 radical (unpaired) electrons. The van der Waals surface area contributed by atoms with E-state index in [4.69, 9.17) is 4.74 Å². The number of rotatable bonds is 7. The van der Waals surface area contributed by atoms with E-state index in [0.29, 0.717) is 18.2 Å². The van der Waals surface area contributed by atoms with E-state index in [-0.39, 0.29) is 11.7 Å². The van der Waals surface area contributed by atoms with Gasteiger partial charge in [-0.25, -0.2) is 9.97 Å². The molecule has 3 rings (SSSR count). The standard InChI is InChI=1S/C18H16N4O2S/c23-17(24-12-7-14-4-9-19-10-5-14)13-25-18-21-11-6-16(22-18)15-3-1-2-8-20-15/h1-6,8-11H,7,12-13H2. The van der Waals surface area contributed by atoms with Crippen LogP contribution in [0.4, 0.5) is 0 Å². The Hall–Kier alpha value is -2.80. The molecule has 0 saturated heterocycles. The Bertz CT molecular complexity index is 816. The lowest BCUT2D eigenvalue weighted by molar-refractivity contribution is -0.140. The number of nitrogens with zero attached hydrogens (tertiary/aromatic N) is 4. The molecule has 0 spiro atoms. The topological polar surface area (TPSA) is 77.9 Å². The highest BCUT2D eigenvalue weighted by atomic mass is 32.2. The monoisotopic (exact) mass is 352 g/mol. The molecular weight excluding hydrogens is 336 g/mol. The van der Waals surface area contributed by atoms with Crippen LogP contribution < -0.4 is 0 Å². The summed E-state index contributed by atoms with van der Waals surface area (Å²) in [4.78, 5) is 28.6. The molecule has 3 aromatic heterocycles. The van der Waals surface area contributed by atoms with Crippen LogP contribution in [0.1, 0.15) is 5.56 Å². The van der Waals surface area contributed by atoms with Crippen molar-refractivity contribution in [1.29, 1.82) is 0 Å². The molecule has 0 aliphatic carbocycles. The summed E-state index contributed by atoms with van der Waals surface area (Å²) in [5, 5.41) is 0.522. The van der Waals surface area contributed by atoms with Gasteiger partial charge in [0, 0.05) is 31.2 Å². The van der Waals surface area contributed by atoms with Crippen molar-refractivity contribution in [2.45, 2.75) is 11.6 Å². The van der Waals surface area contributed by atoms with Gasteiger partial charge in [-0.15, -0.1) is 0 Å². The molecule has 25 heavy (non-hydrogen) atoms. The highest BCUT2D eigenvalue weighted by Crippen LogP contribution is 2.18. The molecule has 0 bridgehead atoms. The van der Waals surface area contributed by atoms with Gasteiger partial charge < -0.3 is 4.74 Å². The van der Waals surface area contributed by atoms with E-state index in [9.17, 15) is 4.79 Å². The third-order valence-electron chi connectivity index (χ3n) is 3.28. The molecule has 0 saturated carbocycles. The minimum absolute atomic E-state index is 0.169. The largest absolute Gasteiger partial charge is 0.465 e. The molecule has 7 heteroatoms. The van der Waals surface area contributed by atoms with E-state index < -0.39 is 0 Å². The number of hydrogen-bond donors (Lipinski definition) is 0. The second-order valence-corrected chi connectivity index (χ2v) is 6.00. The van der Waals surface area contributed by atoms with Gasteiger partial charge in [0.2, 0.25) is 0 Å². The Morgan fingerprint density at radius 2 is 1.84 bits per heavy atom. The second-order valence-electron chi connectivity index (χ2n) is 5.05. The quantitative estimate of drug-likeness (QED) is 0.367. The molecule has 0 aromatic carbocycles. The minimum Gasteiger partial charge on any atom is -0.465 e. The lowest BCUT2D eigenvalue weighted by Crippen LogP contribution is -2.10. The molecule has 0 aliphatic rings. The molecule has 0 amide bonds. The van der Waals surface area contributed by atoms with Crippen LogP contribution in [0.3, 0.4) is 0 Å². The Morgan fingerprint density at radius 1 is 0.960 bits per heavy atom.